The Morgan fingerprint density at radius 2 is 1.97 bits per heavy atom. The van der Waals surface area contributed by atoms with E-state index >= 15 is 0 Å². The van der Waals surface area contributed by atoms with Crippen LogP contribution >= 0.6 is 0 Å². The zero-order valence-electron chi connectivity index (χ0n) is 17.9. The highest BCUT2D eigenvalue weighted by Gasteiger charge is 2.42. The zero-order chi connectivity index (χ0) is 22.1. The van der Waals surface area contributed by atoms with Crippen LogP contribution in [0, 0.1) is 5.82 Å². The van der Waals surface area contributed by atoms with E-state index in [2.05, 4.69) is 0 Å². The van der Waals surface area contributed by atoms with Gasteiger partial charge in [-0.3, -0.25) is 9.59 Å². The Hall–Kier alpha value is -3.19. The van der Waals surface area contributed by atoms with Crippen molar-refractivity contribution >= 4 is 16.9 Å². The van der Waals surface area contributed by atoms with Gasteiger partial charge in [-0.2, -0.15) is 0 Å². The molecule has 0 aliphatic carbocycles. The van der Waals surface area contributed by atoms with Crippen LogP contribution < -0.4 is 10.2 Å². The Labute approximate surface area is 179 Å². The van der Waals surface area contributed by atoms with Crippen molar-refractivity contribution in [1.29, 1.82) is 0 Å². The van der Waals surface area contributed by atoms with Crippen LogP contribution in [0.2, 0.25) is 0 Å². The molecule has 1 aliphatic heterocycles. The Morgan fingerprint density at radius 1 is 1.16 bits per heavy atom. The van der Waals surface area contributed by atoms with Crippen molar-refractivity contribution in [2.75, 3.05) is 33.8 Å². The topological polar surface area (TPSA) is 63.0 Å². The normalized spacial score (nSPS) is 15.7. The molecule has 4 rings (SSSR count). The summed E-state index contributed by atoms with van der Waals surface area (Å²) in [5, 5.41) is 0.132. The third-order valence-electron chi connectivity index (χ3n) is 5.42. The maximum Gasteiger partial charge on any atom is 0.290 e. The molecule has 1 atom stereocenters. The van der Waals surface area contributed by atoms with Gasteiger partial charge >= 0.3 is 0 Å². The maximum absolute atomic E-state index is 13.8. The van der Waals surface area contributed by atoms with Gasteiger partial charge in [0, 0.05) is 6.54 Å². The first-order valence-corrected chi connectivity index (χ1v) is 10.4. The molecular weight excluding hydrogens is 399 g/mol. The smallest absolute Gasteiger partial charge is 0.290 e. The van der Waals surface area contributed by atoms with Gasteiger partial charge in [-0.15, -0.1) is 0 Å². The van der Waals surface area contributed by atoms with Gasteiger partial charge in [-0.25, -0.2) is 4.39 Å². The summed E-state index contributed by atoms with van der Waals surface area (Å²) in [6.07, 6.45) is 0.733. The van der Waals surface area contributed by atoms with E-state index in [1.807, 2.05) is 50.2 Å². The highest BCUT2D eigenvalue weighted by atomic mass is 19.1. The highest BCUT2D eigenvalue weighted by molar-refractivity contribution is 5.99. The number of ether oxygens (including phenoxy) is 1. The molecule has 1 aliphatic rings. The molecule has 162 valence electrons. The number of hydrogen-bond donors (Lipinski definition) is 0. The molecule has 2 aromatic carbocycles. The first kappa shape index (κ1) is 21.1. The van der Waals surface area contributed by atoms with Gasteiger partial charge in [0.1, 0.15) is 17.1 Å². The molecule has 1 aromatic heterocycles. The SMILES string of the molecule is CCOc1cccc([C@@H]2c3c(oc4ccc(F)cc4c3=O)C(=O)N2CCCN(C)C)c1. The van der Waals surface area contributed by atoms with Gasteiger partial charge in [0.2, 0.25) is 5.76 Å². The standard InChI is InChI=1S/C24H25FN2O4/c1-4-30-17-8-5-7-15(13-17)21-20-22(28)18-14-16(25)9-10-19(18)31-23(20)24(29)27(21)12-6-11-26(2)3/h5,7-10,13-14,21H,4,6,11-12H2,1-3H3/t21-/m1/s1. The van der Waals surface area contributed by atoms with Gasteiger partial charge in [0.15, 0.2) is 5.43 Å². The molecule has 0 saturated carbocycles. The maximum atomic E-state index is 13.8. The average molecular weight is 424 g/mol. The monoisotopic (exact) mass is 424 g/mol. The Bertz CT molecular complexity index is 1190. The van der Waals surface area contributed by atoms with Crippen LogP contribution in [-0.2, 0) is 0 Å². The van der Waals surface area contributed by atoms with Crippen molar-refractivity contribution in [2.45, 2.75) is 19.4 Å². The van der Waals surface area contributed by atoms with Crippen molar-refractivity contribution in [3.8, 4) is 5.75 Å². The number of hydrogen-bond acceptors (Lipinski definition) is 5. The van der Waals surface area contributed by atoms with Gasteiger partial charge in [-0.05, 0) is 69.9 Å². The van der Waals surface area contributed by atoms with Gasteiger partial charge in [0.25, 0.3) is 5.91 Å². The van der Waals surface area contributed by atoms with Gasteiger partial charge < -0.3 is 19.0 Å². The van der Waals surface area contributed by atoms with Crippen molar-refractivity contribution in [1.82, 2.24) is 9.80 Å². The fourth-order valence-electron chi connectivity index (χ4n) is 4.07. The van der Waals surface area contributed by atoms with Crippen LogP contribution in [-0.4, -0.2) is 49.5 Å². The predicted octanol–water partition coefficient (Wildman–Crippen LogP) is 3.83. The molecule has 0 radical (unpaired) electrons. The number of amides is 1. The third-order valence-corrected chi connectivity index (χ3v) is 5.42. The molecule has 6 nitrogen and oxygen atoms in total. The second kappa shape index (κ2) is 8.51. The Balaban J connectivity index is 1.87. The molecule has 7 heteroatoms. The van der Waals surface area contributed by atoms with Crippen molar-refractivity contribution in [3.63, 3.8) is 0 Å². The Morgan fingerprint density at radius 3 is 2.71 bits per heavy atom. The number of benzene rings is 2. The van der Waals surface area contributed by atoms with Crippen molar-refractivity contribution < 1.29 is 18.3 Å². The molecule has 0 spiro atoms. The first-order chi connectivity index (χ1) is 14.9. The fraction of sp³-hybridized carbons (Fsp3) is 0.333. The van der Waals surface area contributed by atoms with Crippen LogP contribution in [0.1, 0.15) is 41.1 Å². The van der Waals surface area contributed by atoms with Gasteiger partial charge in [-0.1, -0.05) is 12.1 Å². The summed E-state index contributed by atoms with van der Waals surface area (Å²) in [5.41, 5.74) is 0.828. The molecule has 31 heavy (non-hydrogen) atoms. The minimum absolute atomic E-state index is 0.0285. The van der Waals surface area contributed by atoms with E-state index < -0.39 is 11.9 Å². The quantitative estimate of drug-likeness (QED) is 0.577. The van der Waals surface area contributed by atoms with E-state index in [1.54, 1.807) is 4.90 Å². The fourth-order valence-corrected chi connectivity index (χ4v) is 4.07. The molecule has 0 bridgehead atoms. The van der Waals surface area contributed by atoms with E-state index in [0.717, 1.165) is 24.6 Å². The molecule has 0 unspecified atom stereocenters. The largest absolute Gasteiger partial charge is 0.494 e. The molecule has 0 N–H and O–H groups in total. The van der Waals surface area contributed by atoms with E-state index in [-0.39, 0.29) is 33.6 Å². The lowest BCUT2D eigenvalue weighted by atomic mass is 9.98. The number of rotatable bonds is 7. The Kier molecular flexibility index (Phi) is 5.78. The number of nitrogens with zero attached hydrogens (tertiary/aromatic N) is 2. The van der Waals surface area contributed by atoms with Crippen molar-refractivity contribution in [3.05, 3.63) is 75.4 Å². The first-order valence-electron chi connectivity index (χ1n) is 10.4. The van der Waals surface area contributed by atoms with E-state index in [1.165, 1.54) is 12.1 Å². The molecular formula is C24H25FN2O4. The zero-order valence-corrected chi connectivity index (χ0v) is 17.9. The summed E-state index contributed by atoms with van der Waals surface area (Å²) in [6.45, 7) is 3.64. The second-order valence-electron chi connectivity index (χ2n) is 7.88. The minimum atomic E-state index is -0.617. The molecule has 0 saturated heterocycles. The second-order valence-corrected chi connectivity index (χ2v) is 7.88. The molecule has 3 aromatic rings. The number of carbonyl (C=O) groups is 1. The summed E-state index contributed by atoms with van der Waals surface area (Å²) in [6, 6.07) is 10.5. The van der Waals surface area contributed by atoms with E-state index in [9.17, 15) is 14.0 Å². The van der Waals surface area contributed by atoms with E-state index in [0.29, 0.717) is 18.9 Å². The molecule has 1 amide bonds. The lowest BCUT2D eigenvalue weighted by Crippen LogP contribution is -2.32. The summed E-state index contributed by atoms with van der Waals surface area (Å²) in [5.74, 6) is -0.170. The summed E-state index contributed by atoms with van der Waals surface area (Å²) in [4.78, 5) is 30.4. The molecule has 2 heterocycles. The summed E-state index contributed by atoms with van der Waals surface area (Å²) < 4.78 is 25.3. The highest BCUT2D eigenvalue weighted by Crippen LogP contribution is 2.39. The minimum Gasteiger partial charge on any atom is -0.494 e. The van der Waals surface area contributed by atoms with Crippen LogP contribution in [0.15, 0.2) is 51.7 Å². The van der Waals surface area contributed by atoms with Gasteiger partial charge in [0.05, 0.1) is 23.6 Å². The summed E-state index contributed by atoms with van der Waals surface area (Å²) in [7, 11) is 3.94. The van der Waals surface area contributed by atoms with E-state index in [4.69, 9.17) is 9.15 Å². The average Bonchev–Trinajstić information content (AvgIpc) is 3.01. The third kappa shape index (κ3) is 3.93. The number of carbonyl (C=O) groups excluding carboxylic acids is 1. The number of fused-ring (bicyclic) bond motifs is 2. The lowest BCUT2D eigenvalue weighted by Gasteiger charge is -2.26. The summed E-state index contributed by atoms with van der Waals surface area (Å²) >= 11 is 0. The molecule has 0 fully saturated rings. The van der Waals surface area contributed by atoms with Crippen molar-refractivity contribution in [2.24, 2.45) is 0 Å². The van der Waals surface area contributed by atoms with Crippen LogP contribution in [0.3, 0.4) is 0 Å². The van der Waals surface area contributed by atoms with Crippen LogP contribution in [0.4, 0.5) is 4.39 Å². The predicted molar refractivity (Wildman–Crippen MR) is 116 cm³/mol. The lowest BCUT2D eigenvalue weighted by molar-refractivity contribution is 0.0722. The van der Waals surface area contributed by atoms with Crippen LogP contribution in [0.25, 0.3) is 11.0 Å². The number of halogens is 1. The van der Waals surface area contributed by atoms with Crippen LogP contribution in [0.5, 0.6) is 5.75 Å².